The van der Waals surface area contributed by atoms with Gasteiger partial charge in [-0.2, -0.15) is 23.5 Å². The highest BCUT2D eigenvalue weighted by atomic mass is 19.4. The highest BCUT2D eigenvalue weighted by Gasteiger charge is 2.39. The van der Waals surface area contributed by atoms with Crippen LogP contribution in [0.1, 0.15) is 21.6 Å². The van der Waals surface area contributed by atoms with Crippen LogP contribution in [0, 0.1) is 11.3 Å². The lowest BCUT2D eigenvalue weighted by atomic mass is 10.2. The van der Waals surface area contributed by atoms with E-state index in [1.807, 2.05) is 6.07 Å². The molecule has 0 bridgehead atoms. The molecule has 0 unspecified atom stereocenters. The maximum absolute atomic E-state index is 12.7. The van der Waals surface area contributed by atoms with Crippen LogP contribution in [0.2, 0.25) is 0 Å². The van der Waals surface area contributed by atoms with E-state index in [4.69, 9.17) is 10.00 Å². The zero-order valence-electron chi connectivity index (χ0n) is 10.7. The Morgan fingerprint density at radius 1 is 1.33 bits per heavy atom. The van der Waals surface area contributed by atoms with Crippen molar-refractivity contribution >= 4 is 5.97 Å². The van der Waals surface area contributed by atoms with Gasteiger partial charge in [-0.05, 0) is 24.3 Å². The van der Waals surface area contributed by atoms with Crippen LogP contribution in [0.4, 0.5) is 13.2 Å². The number of hydrogen-bond donors (Lipinski definition) is 0. The van der Waals surface area contributed by atoms with Crippen molar-refractivity contribution in [2.45, 2.75) is 6.18 Å². The normalized spacial score (nSPS) is 11.0. The van der Waals surface area contributed by atoms with Gasteiger partial charge in [-0.3, -0.25) is 4.68 Å². The molecule has 5 nitrogen and oxygen atoms in total. The van der Waals surface area contributed by atoms with Crippen molar-refractivity contribution in [2.24, 2.45) is 7.05 Å². The largest absolute Gasteiger partial charge is 0.436 e. The molecule has 0 saturated heterocycles. The number of nitriles is 1. The number of hydrogen-bond acceptors (Lipinski definition) is 4. The number of carbonyl (C=O) groups excluding carboxylic acids is 1. The monoisotopic (exact) mass is 295 g/mol. The smallest absolute Gasteiger partial charge is 0.423 e. The van der Waals surface area contributed by atoms with E-state index in [0.717, 1.165) is 10.9 Å². The summed E-state index contributed by atoms with van der Waals surface area (Å²) < 4.78 is 44.0. The van der Waals surface area contributed by atoms with Gasteiger partial charge in [0.25, 0.3) is 0 Å². The summed E-state index contributed by atoms with van der Waals surface area (Å²) in [6, 6.07) is 7.28. The first-order valence-corrected chi connectivity index (χ1v) is 5.64. The number of benzene rings is 1. The molecule has 21 heavy (non-hydrogen) atoms. The van der Waals surface area contributed by atoms with Crippen molar-refractivity contribution in [1.82, 2.24) is 9.78 Å². The van der Waals surface area contributed by atoms with E-state index >= 15 is 0 Å². The molecular formula is C13H8F3N3O2. The fourth-order valence-electron chi connectivity index (χ4n) is 1.61. The van der Waals surface area contributed by atoms with Crippen LogP contribution in [0.15, 0.2) is 30.5 Å². The second-order valence-electron chi connectivity index (χ2n) is 4.09. The van der Waals surface area contributed by atoms with Crippen LogP contribution >= 0.6 is 0 Å². The van der Waals surface area contributed by atoms with E-state index in [1.165, 1.54) is 31.3 Å². The zero-order chi connectivity index (χ0) is 15.6. The molecule has 0 fully saturated rings. The van der Waals surface area contributed by atoms with Gasteiger partial charge in [0.15, 0.2) is 5.69 Å². The van der Waals surface area contributed by atoms with Crippen molar-refractivity contribution in [1.29, 1.82) is 5.26 Å². The van der Waals surface area contributed by atoms with Crippen LogP contribution in [0.3, 0.4) is 0 Å². The molecule has 0 aliphatic heterocycles. The number of aryl methyl sites for hydroxylation is 1. The van der Waals surface area contributed by atoms with E-state index in [2.05, 4.69) is 5.10 Å². The first-order valence-electron chi connectivity index (χ1n) is 5.64. The fraction of sp³-hybridized carbons (Fsp3) is 0.154. The summed E-state index contributed by atoms with van der Waals surface area (Å²) in [5, 5.41) is 11.8. The first-order chi connectivity index (χ1) is 9.81. The van der Waals surface area contributed by atoms with Crippen molar-refractivity contribution in [3.05, 3.63) is 47.3 Å². The van der Waals surface area contributed by atoms with Gasteiger partial charge in [0.1, 0.15) is 11.3 Å². The summed E-state index contributed by atoms with van der Waals surface area (Å²) in [6.45, 7) is 0. The van der Waals surface area contributed by atoms with Crippen molar-refractivity contribution in [3.8, 4) is 11.8 Å². The molecule has 1 aromatic carbocycles. The molecule has 1 aromatic heterocycles. The average molecular weight is 295 g/mol. The molecule has 0 radical (unpaired) electrons. The molecule has 108 valence electrons. The average Bonchev–Trinajstić information content (AvgIpc) is 2.82. The van der Waals surface area contributed by atoms with Gasteiger partial charge >= 0.3 is 12.1 Å². The fourth-order valence-corrected chi connectivity index (χ4v) is 1.61. The molecule has 0 N–H and O–H groups in total. The Morgan fingerprint density at radius 3 is 2.48 bits per heavy atom. The number of rotatable bonds is 2. The maximum Gasteiger partial charge on any atom is 0.436 e. The molecule has 0 atom stereocenters. The van der Waals surface area contributed by atoms with Gasteiger partial charge in [0.05, 0.1) is 11.6 Å². The Labute approximate surface area is 117 Å². The number of esters is 1. The number of nitrogens with zero attached hydrogens (tertiary/aromatic N) is 3. The number of alkyl halides is 3. The summed E-state index contributed by atoms with van der Waals surface area (Å²) in [6.07, 6.45) is -3.81. The predicted octanol–water partition coefficient (Wildman–Crippen LogP) is 2.53. The molecule has 0 amide bonds. The van der Waals surface area contributed by atoms with Crippen LogP contribution in [0.25, 0.3) is 0 Å². The predicted molar refractivity (Wildman–Crippen MR) is 64.3 cm³/mol. The van der Waals surface area contributed by atoms with E-state index in [1.54, 1.807) is 0 Å². The van der Waals surface area contributed by atoms with Gasteiger partial charge in [-0.15, -0.1) is 0 Å². The Morgan fingerprint density at radius 2 is 1.95 bits per heavy atom. The first kappa shape index (κ1) is 14.6. The molecule has 0 aliphatic rings. The van der Waals surface area contributed by atoms with Gasteiger partial charge in [-0.25, -0.2) is 4.79 Å². The number of carbonyl (C=O) groups is 1. The Kier molecular flexibility index (Phi) is 3.67. The molecule has 0 spiro atoms. The lowest BCUT2D eigenvalue weighted by Gasteiger charge is -2.06. The van der Waals surface area contributed by atoms with Crippen LogP contribution in [0.5, 0.6) is 5.75 Å². The summed E-state index contributed by atoms with van der Waals surface area (Å²) in [5.74, 6) is -1.13. The summed E-state index contributed by atoms with van der Waals surface area (Å²) in [7, 11) is 1.27. The molecule has 1 heterocycles. The van der Waals surface area contributed by atoms with E-state index in [9.17, 15) is 18.0 Å². The van der Waals surface area contributed by atoms with Crippen molar-refractivity contribution < 1.29 is 22.7 Å². The van der Waals surface area contributed by atoms with E-state index in [0.29, 0.717) is 5.56 Å². The Hall–Kier alpha value is -2.82. The zero-order valence-corrected chi connectivity index (χ0v) is 10.7. The molecule has 8 heteroatoms. The van der Waals surface area contributed by atoms with Gasteiger partial charge in [0, 0.05) is 13.2 Å². The minimum atomic E-state index is -4.75. The summed E-state index contributed by atoms with van der Waals surface area (Å²) in [4.78, 5) is 11.8. The SMILES string of the molecule is Cn1cc(C(=O)Oc2ccc(C#N)cc2)c(C(F)(F)F)n1. The minimum absolute atomic E-state index is 0.0379. The second-order valence-corrected chi connectivity index (χ2v) is 4.09. The molecule has 2 aromatic rings. The van der Waals surface area contributed by atoms with Crippen LogP contribution < -0.4 is 4.74 Å². The second kappa shape index (κ2) is 5.28. The highest BCUT2D eigenvalue weighted by Crippen LogP contribution is 2.31. The quantitative estimate of drug-likeness (QED) is 0.630. The van der Waals surface area contributed by atoms with Crippen LogP contribution in [-0.2, 0) is 13.2 Å². The van der Waals surface area contributed by atoms with Gasteiger partial charge in [-0.1, -0.05) is 0 Å². The highest BCUT2D eigenvalue weighted by molar-refractivity contribution is 5.92. The van der Waals surface area contributed by atoms with E-state index < -0.39 is 23.4 Å². The van der Waals surface area contributed by atoms with Crippen LogP contribution in [-0.4, -0.2) is 15.7 Å². The molecule has 2 rings (SSSR count). The third kappa shape index (κ3) is 3.20. The third-order valence-electron chi connectivity index (χ3n) is 2.51. The summed E-state index contributed by atoms with van der Waals surface area (Å²) in [5.41, 5.74) is -1.63. The number of ether oxygens (including phenoxy) is 1. The molecule has 0 aliphatic carbocycles. The molecular weight excluding hydrogens is 287 g/mol. The topological polar surface area (TPSA) is 67.9 Å². The van der Waals surface area contributed by atoms with Crippen molar-refractivity contribution in [3.63, 3.8) is 0 Å². The standard InChI is InChI=1S/C13H8F3N3O2/c1-19-7-10(11(18-19)13(14,15)16)12(20)21-9-4-2-8(6-17)3-5-9/h2-5,7H,1H3. The third-order valence-corrected chi connectivity index (χ3v) is 2.51. The van der Waals surface area contributed by atoms with Crippen molar-refractivity contribution in [2.75, 3.05) is 0 Å². The maximum atomic E-state index is 12.7. The minimum Gasteiger partial charge on any atom is -0.423 e. The summed E-state index contributed by atoms with van der Waals surface area (Å²) >= 11 is 0. The van der Waals surface area contributed by atoms with Gasteiger partial charge < -0.3 is 4.74 Å². The molecule has 0 saturated carbocycles. The Bertz CT molecular complexity index is 712. The Balaban J connectivity index is 2.26. The van der Waals surface area contributed by atoms with E-state index in [-0.39, 0.29) is 5.75 Å². The van der Waals surface area contributed by atoms with Gasteiger partial charge in [0.2, 0.25) is 0 Å². The number of halogens is 3. The lowest BCUT2D eigenvalue weighted by molar-refractivity contribution is -0.141. The lowest BCUT2D eigenvalue weighted by Crippen LogP contribution is -2.16. The number of aromatic nitrogens is 2.